The van der Waals surface area contributed by atoms with Crippen LogP contribution >= 0.6 is 11.6 Å². The van der Waals surface area contributed by atoms with E-state index in [4.69, 9.17) is 21.1 Å². The van der Waals surface area contributed by atoms with Gasteiger partial charge in [-0.15, -0.1) is 0 Å². The Morgan fingerprint density at radius 3 is 2.32 bits per heavy atom. The van der Waals surface area contributed by atoms with Gasteiger partial charge in [-0.3, -0.25) is 0 Å². The van der Waals surface area contributed by atoms with Gasteiger partial charge in [-0.2, -0.15) is 5.26 Å². The molecule has 0 amide bonds. The molecule has 2 heterocycles. The first-order chi connectivity index (χ1) is 15.1. The maximum Gasteiger partial charge on any atom is 0.215 e. The van der Waals surface area contributed by atoms with Gasteiger partial charge in [-0.1, -0.05) is 54.9 Å². The molecule has 31 heavy (non-hydrogen) atoms. The van der Waals surface area contributed by atoms with Crippen LogP contribution in [-0.4, -0.2) is 7.11 Å². The van der Waals surface area contributed by atoms with Crippen LogP contribution in [0, 0.1) is 17.2 Å². The van der Waals surface area contributed by atoms with Gasteiger partial charge < -0.3 is 14.4 Å². The van der Waals surface area contributed by atoms with Crippen LogP contribution in [0.5, 0.6) is 11.5 Å². The quantitative estimate of drug-likeness (QED) is 0.480. The molecule has 0 spiro atoms. The van der Waals surface area contributed by atoms with Gasteiger partial charge in [-0.25, -0.2) is 0 Å². The number of hydrogen-bond donors (Lipinski definition) is 0. The minimum atomic E-state index is -0.116. The Balaban J connectivity index is 1.72. The van der Waals surface area contributed by atoms with E-state index in [2.05, 4.69) is 30.0 Å². The monoisotopic (exact) mass is 428 g/mol. The highest BCUT2D eigenvalue weighted by Gasteiger charge is 2.47. The molecule has 5 rings (SSSR count). The van der Waals surface area contributed by atoms with Crippen molar-refractivity contribution in [2.75, 3.05) is 12.0 Å². The number of benzene rings is 3. The zero-order valence-electron chi connectivity index (χ0n) is 17.2. The first-order valence-electron chi connectivity index (χ1n) is 10.2. The van der Waals surface area contributed by atoms with Crippen LogP contribution in [0.4, 0.5) is 5.69 Å². The van der Waals surface area contributed by atoms with Crippen molar-refractivity contribution >= 4 is 17.3 Å². The van der Waals surface area contributed by atoms with E-state index < -0.39 is 0 Å². The summed E-state index contributed by atoms with van der Waals surface area (Å²) < 4.78 is 11.6. The third-order valence-electron chi connectivity index (χ3n) is 6.20. The molecule has 3 aromatic rings. The van der Waals surface area contributed by atoms with Crippen molar-refractivity contribution in [3.8, 4) is 17.6 Å². The highest BCUT2D eigenvalue weighted by atomic mass is 35.5. The van der Waals surface area contributed by atoms with Crippen LogP contribution in [0.3, 0.4) is 0 Å². The number of para-hydroxylation sites is 2. The fourth-order valence-corrected chi connectivity index (χ4v) is 4.92. The number of rotatable bonds is 3. The number of ether oxygens (including phenoxy) is 2. The van der Waals surface area contributed by atoms with E-state index >= 15 is 0 Å². The van der Waals surface area contributed by atoms with E-state index in [0.717, 1.165) is 28.3 Å². The van der Waals surface area contributed by atoms with Gasteiger partial charge in [0.15, 0.2) is 5.75 Å². The summed E-state index contributed by atoms with van der Waals surface area (Å²) in [6, 6.07) is 26.3. The highest BCUT2D eigenvalue weighted by molar-refractivity contribution is 6.30. The predicted octanol–water partition coefficient (Wildman–Crippen LogP) is 6.46. The van der Waals surface area contributed by atoms with Crippen molar-refractivity contribution in [1.82, 2.24) is 0 Å². The molecule has 154 valence electrons. The Kier molecular flexibility index (Phi) is 4.84. The second-order valence-electron chi connectivity index (χ2n) is 7.88. The zero-order chi connectivity index (χ0) is 21.5. The molecule has 0 saturated heterocycles. The maximum absolute atomic E-state index is 10.2. The molecule has 0 aliphatic carbocycles. The fraction of sp³-hybridized carbons (Fsp3) is 0.192. The molecule has 4 nitrogen and oxygen atoms in total. The molecule has 0 unspecified atom stereocenters. The van der Waals surface area contributed by atoms with E-state index in [0.29, 0.717) is 16.5 Å². The summed E-state index contributed by atoms with van der Waals surface area (Å²) >= 11 is 6.14. The molecule has 0 aromatic heterocycles. The first kappa shape index (κ1) is 19.5. The van der Waals surface area contributed by atoms with E-state index in [1.165, 1.54) is 0 Å². The molecular weight excluding hydrogens is 408 g/mol. The van der Waals surface area contributed by atoms with Gasteiger partial charge in [0.2, 0.25) is 5.88 Å². The SMILES string of the molecule is COc1ccc([C@@H]2[C@@H](C)[C@H](c3ccc(Cl)cc3)C(C#N)=C3Oc4ccccc4N32)cc1. The van der Waals surface area contributed by atoms with Crippen molar-refractivity contribution < 1.29 is 9.47 Å². The predicted molar refractivity (Wildman–Crippen MR) is 121 cm³/mol. The number of methoxy groups -OCH3 is 1. The third kappa shape index (κ3) is 3.13. The van der Waals surface area contributed by atoms with Crippen molar-refractivity contribution in [1.29, 1.82) is 5.26 Å². The summed E-state index contributed by atoms with van der Waals surface area (Å²) in [6.45, 7) is 2.20. The molecule has 2 aliphatic rings. The van der Waals surface area contributed by atoms with Crippen LogP contribution in [0.25, 0.3) is 0 Å². The Morgan fingerprint density at radius 1 is 0.968 bits per heavy atom. The highest BCUT2D eigenvalue weighted by Crippen LogP contribution is 2.55. The normalized spacial score (nSPS) is 21.7. The second kappa shape index (κ2) is 7.68. The number of hydrogen-bond acceptors (Lipinski definition) is 4. The van der Waals surface area contributed by atoms with E-state index in [1.54, 1.807) is 7.11 Å². The van der Waals surface area contributed by atoms with Crippen LogP contribution in [0.1, 0.15) is 30.0 Å². The van der Waals surface area contributed by atoms with Crippen molar-refractivity contribution in [2.45, 2.75) is 18.9 Å². The van der Waals surface area contributed by atoms with Gasteiger partial charge >= 0.3 is 0 Å². The Morgan fingerprint density at radius 2 is 1.65 bits per heavy atom. The molecular formula is C26H21ClN2O2. The molecule has 3 aromatic carbocycles. The average Bonchev–Trinajstić information content (AvgIpc) is 3.18. The van der Waals surface area contributed by atoms with Crippen LogP contribution in [-0.2, 0) is 0 Å². The smallest absolute Gasteiger partial charge is 0.215 e. The fourth-order valence-electron chi connectivity index (χ4n) is 4.79. The van der Waals surface area contributed by atoms with E-state index in [-0.39, 0.29) is 17.9 Å². The summed E-state index contributed by atoms with van der Waals surface area (Å²) in [5.41, 5.74) is 3.81. The lowest BCUT2D eigenvalue weighted by Gasteiger charge is -2.42. The molecule has 5 heteroatoms. The Labute approximate surface area is 186 Å². The van der Waals surface area contributed by atoms with Crippen LogP contribution in [0.15, 0.2) is 84.3 Å². The van der Waals surface area contributed by atoms with Crippen molar-refractivity contribution in [2.24, 2.45) is 5.92 Å². The van der Waals surface area contributed by atoms with Gasteiger partial charge in [-0.05, 0) is 53.4 Å². The lowest BCUT2D eigenvalue weighted by atomic mass is 9.73. The molecule has 2 aliphatic heterocycles. The minimum Gasteiger partial charge on any atom is -0.497 e. The van der Waals surface area contributed by atoms with Crippen LogP contribution < -0.4 is 14.4 Å². The zero-order valence-corrected chi connectivity index (χ0v) is 18.0. The number of halogens is 1. The topological polar surface area (TPSA) is 45.5 Å². The summed E-state index contributed by atoms with van der Waals surface area (Å²) in [5, 5.41) is 10.9. The van der Waals surface area contributed by atoms with Crippen molar-refractivity contribution in [3.05, 3.63) is 100 Å². The number of nitrogens with zero attached hydrogens (tertiary/aromatic N) is 2. The van der Waals surface area contributed by atoms with E-state index in [9.17, 15) is 5.26 Å². The summed E-state index contributed by atoms with van der Waals surface area (Å²) in [4.78, 5) is 2.17. The molecule has 0 saturated carbocycles. The molecule has 0 bridgehead atoms. The number of anilines is 1. The third-order valence-corrected chi connectivity index (χ3v) is 6.45. The molecule has 3 atom stereocenters. The number of fused-ring (bicyclic) bond motifs is 3. The lowest BCUT2D eigenvalue weighted by Crippen LogP contribution is -2.39. The molecule has 0 radical (unpaired) electrons. The average molecular weight is 429 g/mol. The summed E-state index contributed by atoms with van der Waals surface area (Å²) in [6.07, 6.45) is 0. The minimum absolute atomic E-state index is 0.0117. The largest absolute Gasteiger partial charge is 0.497 e. The lowest BCUT2D eigenvalue weighted by molar-refractivity contribution is 0.328. The second-order valence-corrected chi connectivity index (χ2v) is 8.31. The van der Waals surface area contributed by atoms with E-state index in [1.807, 2.05) is 60.7 Å². The van der Waals surface area contributed by atoms with Crippen molar-refractivity contribution in [3.63, 3.8) is 0 Å². The maximum atomic E-state index is 10.2. The van der Waals surface area contributed by atoms with Gasteiger partial charge in [0.25, 0.3) is 0 Å². The summed E-state index contributed by atoms with van der Waals surface area (Å²) in [7, 11) is 1.67. The first-order valence-corrected chi connectivity index (χ1v) is 10.6. The number of allylic oxidation sites excluding steroid dienone is 1. The van der Waals surface area contributed by atoms with Crippen LogP contribution in [0.2, 0.25) is 5.02 Å². The van der Waals surface area contributed by atoms with Gasteiger partial charge in [0, 0.05) is 10.9 Å². The molecule has 0 fully saturated rings. The van der Waals surface area contributed by atoms with Gasteiger partial charge in [0.05, 0.1) is 24.4 Å². The summed E-state index contributed by atoms with van der Waals surface area (Å²) in [5.74, 6) is 2.18. The Bertz CT molecular complexity index is 1200. The standard InChI is InChI=1S/C26H21ClN2O2/c1-16-24(17-7-11-19(27)12-8-17)21(15-28)26-29(22-5-3-4-6-23(22)31-26)25(16)18-9-13-20(30-2)14-10-18/h3-14,16,24-25H,1-2H3/t16-,24+,25-/m0/s1. The molecule has 0 N–H and O–H groups in total. The Hall–Kier alpha value is -3.42. The number of nitriles is 1. The van der Waals surface area contributed by atoms with Gasteiger partial charge in [0.1, 0.15) is 11.8 Å².